The summed E-state index contributed by atoms with van der Waals surface area (Å²) in [6, 6.07) is 6.91. The molecule has 0 bridgehead atoms. The van der Waals surface area contributed by atoms with Gasteiger partial charge < -0.3 is 24.9 Å². The van der Waals surface area contributed by atoms with Gasteiger partial charge in [-0.15, -0.1) is 0 Å². The van der Waals surface area contributed by atoms with Gasteiger partial charge in [-0.2, -0.15) is 0 Å². The molecule has 1 aromatic rings. The third-order valence-electron chi connectivity index (χ3n) is 6.80. The Morgan fingerprint density at radius 2 is 1.53 bits per heavy atom. The highest BCUT2D eigenvalue weighted by Gasteiger charge is 2.31. The number of carbonyl (C=O) groups excluding carboxylic acids is 1. The highest BCUT2D eigenvalue weighted by molar-refractivity contribution is 6.27. The SMILES string of the molecule is O=C(C1CCN(CC2CC=CCC2)CC1)N1CCN(c2ccccc2F)CC1.O=C(O)C(=O)O. The zero-order chi connectivity index (χ0) is 24.5. The number of amides is 1. The average molecular weight is 476 g/mol. The highest BCUT2D eigenvalue weighted by atomic mass is 19.1. The number of piperazine rings is 1. The van der Waals surface area contributed by atoms with Crippen molar-refractivity contribution < 1.29 is 29.0 Å². The van der Waals surface area contributed by atoms with Gasteiger partial charge in [0.15, 0.2) is 0 Å². The molecule has 9 heteroatoms. The largest absolute Gasteiger partial charge is 0.473 e. The summed E-state index contributed by atoms with van der Waals surface area (Å²) in [6.07, 6.45) is 10.3. The number of piperidine rings is 1. The van der Waals surface area contributed by atoms with Crippen LogP contribution in [0.25, 0.3) is 0 Å². The van der Waals surface area contributed by atoms with Gasteiger partial charge in [0, 0.05) is 38.6 Å². The molecule has 186 valence electrons. The molecule has 1 aromatic carbocycles. The fraction of sp³-hybridized carbons (Fsp3) is 0.560. The molecular weight excluding hydrogens is 441 g/mol. The van der Waals surface area contributed by atoms with Gasteiger partial charge in [-0.25, -0.2) is 14.0 Å². The number of para-hydroxylation sites is 1. The standard InChI is InChI=1S/C23H32FN3O.C2H2O4/c24-21-8-4-5-9-22(21)26-14-16-27(17-15-26)23(28)20-10-12-25(13-11-20)18-19-6-2-1-3-7-19;3-1(4)2(5)6/h1-2,4-5,8-9,19-20H,3,6-7,10-18H2;(H,3,4)(H,5,6). The van der Waals surface area contributed by atoms with Crippen molar-refractivity contribution >= 4 is 23.5 Å². The van der Waals surface area contributed by atoms with Crippen molar-refractivity contribution in [3.05, 3.63) is 42.2 Å². The number of carboxylic acid groups (broad SMARTS) is 2. The number of rotatable bonds is 4. The van der Waals surface area contributed by atoms with Crippen molar-refractivity contribution in [3.8, 4) is 0 Å². The summed E-state index contributed by atoms with van der Waals surface area (Å²) in [5, 5.41) is 14.8. The van der Waals surface area contributed by atoms with Crippen LogP contribution in [0.15, 0.2) is 36.4 Å². The Labute approximate surface area is 199 Å². The Morgan fingerprint density at radius 1 is 0.882 bits per heavy atom. The molecule has 1 aliphatic carbocycles. The number of nitrogens with zero attached hydrogens (tertiary/aromatic N) is 3. The molecule has 1 unspecified atom stereocenters. The molecular formula is C25H34FN3O5. The van der Waals surface area contributed by atoms with E-state index < -0.39 is 11.9 Å². The monoisotopic (exact) mass is 475 g/mol. The summed E-state index contributed by atoms with van der Waals surface area (Å²) < 4.78 is 14.0. The molecule has 2 saturated heterocycles. The quantitative estimate of drug-likeness (QED) is 0.510. The maximum Gasteiger partial charge on any atom is 0.414 e. The maximum atomic E-state index is 14.0. The van der Waals surface area contributed by atoms with Gasteiger partial charge in [0.05, 0.1) is 5.69 Å². The van der Waals surface area contributed by atoms with Crippen molar-refractivity contribution in [1.82, 2.24) is 9.80 Å². The first-order valence-corrected chi connectivity index (χ1v) is 12.0. The van der Waals surface area contributed by atoms with Crippen LogP contribution in [0.3, 0.4) is 0 Å². The van der Waals surface area contributed by atoms with Crippen LogP contribution in [-0.4, -0.2) is 83.7 Å². The van der Waals surface area contributed by atoms with Gasteiger partial charge in [0.2, 0.25) is 5.91 Å². The van der Waals surface area contributed by atoms with Crippen LogP contribution in [0.5, 0.6) is 0 Å². The molecule has 34 heavy (non-hydrogen) atoms. The Balaban J connectivity index is 0.000000481. The molecule has 1 atom stereocenters. The fourth-order valence-corrected chi connectivity index (χ4v) is 4.88. The van der Waals surface area contributed by atoms with E-state index in [1.165, 1.54) is 31.9 Å². The molecule has 1 amide bonds. The number of hydrogen-bond donors (Lipinski definition) is 2. The number of likely N-dealkylation sites (tertiary alicyclic amines) is 1. The van der Waals surface area contributed by atoms with E-state index in [-0.39, 0.29) is 11.7 Å². The van der Waals surface area contributed by atoms with E-state index in [4.69, 9.17) is 19.8 Å². The lowest BCUT2D eigenvalue weighted by Crippen LogP contribution is -2.52. The van der Waals surface area contributed by atoms with E-state index in [2.05, 4.69) is 22.0 Å². The number of carbonyl (C=O) groups is 3. The number of carboxylic acids is 2. The molecule has 0 saturated carbocycles. The van der Waals surface area contributed by atoms with E-state index in [9.17, 15) is 9.18 Å². The lowest BCUT2D eigenvalue weighted by atomic mass is 9.91. The fourth-order valence-electron chi connectivity index (χ4n) is 4.88. The molecule has 0 radical (unpaired) electrons. The summed E-state index contributed by atoms with van der Waals surface area (Å²) in [4.78, 5) is 37.8. The van der Waals surface area contributed by atoms with Crippen LogP contribution in [-0.2, 0) is 14.4 Å². The first-order valence-electron chi connectivity index (χ1n) is 12.0. The van der Waals surface area contributed by atoms with Crippen molar-refractivity contribution in [2.75, 3.05) is 50.7 Å². The van der Waals surface area contributed by atoms with Crippen LogP contribution >= 0.6 is 0 Å². The van der Waals surface area contributed by atoms with Crippen LogP contribution < -0.4 is 4.90 Å². The molecule has 8 nitrogen and oxygen atoms in total. The first kappa shape index (κ1) is 25.7. The summed E-state index contributed by atoms with van der Waals surface area (Å²) in [5.74, 6) is -2.55. The molecule has 4 rings (SSSR count). The van der Waals surface area contributed by atoms with E-state index in [1.807, 2.05) is 17.0 Å². The topological polar surface area (TPSA) is 101 Å². The Kier molecular flexibility index (Phi) is 9.44. The van der Waals surface area contributed by atoms with Crippen LogP contribution in [0.4, 0.5) is 10.1 Å². The molecule has 0 aromatic heterocycles. The lowest BCUT2D eigenvalue weighted by molar-refractivity contribution is -0.159. The predicted molar refractivity (Wildman–Crippen MR) is 126 cm³/mol. The van der Waals surface area contributed by atoms with Crippen LogP contribution in [0.2, 0.25) is 0 Å². The van der Waals surface area contributed by atoms with Crippen molar-refractivity contribution in [2.45, 2.75) is 32.1 Å². The van der Waals surface area contributed by atoms with Gasteiger partial charge in [-0.1, -0.05) is 24.3 Å². The molecule has 2 fully saturated rings. The summed E-state index contributed by atoms with van der Waals surface area (Å²) >= 11 is 0. The molecule has 3 aliphatic rings. The average Bonchev–Trinajstić information content (AvgIpc) is 2.85. The minimum atomic E-state index is -1.82. The van der Waals surface area contributed by atoms with Crippen molar-refractivity contribution in [2.24, 2.45) is 11.8 Å². The van der Waals surface area contributed by atoms with Crippen LogP contribution in [0, 0.1) is 17.7 Å². The lowest BCUT2D eigenvalue weighted by Gasteiger charge is -2.40. The first-order chi connectivity index (χ1) is 16.3. The normalized spacial score (nSPS) is 21.5. The number of aliphatic carboxylic acids is 2. The second-order valence-corrected chi connectivity index (χ2v) is 9.10. The summed E-state index contributed by atoms with van der Waals surface area (Å²) in [6.45, 7) is 6.09. The predicted octanol–water partition coefficient (Wildman–Crippen LogP) is 2.70. The second-order valence-electron chi connectivity index (χ2n) is 9.10. The van der Waals surface area contributed by atoms with E-state index in [0.717, 1.165) is 31.8 Å². The van der Waals surface area contributed by atoms with E-state index in [1.54, 1.807) is 6.07 Å². The molecule has 2 N–H and O–H groups in total. The number of halogens is 1. The zero-order valence-electron chi connectivity index (χ0n) is 19.4. The van der Waals surface area contributed by atoms with Gasteiger partial charge in [0.1, 0.15) is 5.82 Å². The Morgan fingerprint density at radius 3 is 2.09 bits per heavy atom. The minimum Gasteiger partial charge on any atom is -0.473 e. The minimum absolute atomic E-state index is 0.169. The Bertz CT molecular complexity index is 865. The number of anilines is 1. The van der Waals surface area contributed by atoms with Gasteiger partial charge in [0.25, 0.3) is 0 Å². The van der Waals surface area contributed by atoms with Gasteiger partial charge in [-0.3, -0.25) is 4.79 Å². The summed E-state index contributed by atoms with van der Waals surface area (Å²) in [5.41, 5.74) is 0.653. The van der Waals surface area contributed by atoms with E-state index in [0.29, 0.717) is 37.8 Å². The molecule has 0 spiro atoms. The van der Waals surface area contributed by atoms with Gasteiger partial charge in [-0.05, 0) is 63.2 Å². The maximum absolute atomic E-state index is 14.0. The molecule has 2 aliphatic heterocycles. The number of benzene rings is 1. The smallest absolute Gasteiger partial charge is 0.414 e. The second kappa shape index (κ2) is 12.5. The van der Waals surface area contributed by atoms with Crippen molar-refractivity contribution in [3.63, 3.8) is 0 Å². The highest BCUT2D eigenvalue weighted by Crippen LogP contribution is 2.26. The van der Waals surface area contributed by atoms with Crippen molar-refractivity contribution in [1.29, 1.82) is 0 Å². The molecule has 2 heterocycles. The Hall–Kier alpha value is -2.94. The van der Waals surface area contributed by atoms with Crippen LogP contribution in [0.1, 0.15) is 32.1 Å². The number of allylic oxidation sites excluding steroid dienone is 2. The summed E-state index contributed by atoms with van der Waals surface area (Å²) in [7, 11) is 0. The van der Waals surface area contributed by atoms with Gasteiger partial charge >= 0.3 is 11.9 Å². The third-order valence-corrected chi connectivity index (χ3v) is 6.80. The van der Waals surface area contributed by atoms with E-state index >= 15 is 0 Å². The third kappa shape index (κ3) is 7.28. The number of hydrogen-bond acceptors (Lipinski definition) is 5. The zero-order valence-corrected chi connectivity index (χ0v) is 19.4.